The van der Waals surface area contributed by atoms with Crippen molar-refractivity contribution < 1.29 is 9.32 Å². The number of aryl methyl sites for hydroxylation is 3. The summed E-state index contributed by atoms with van der Waals surface area (Å²) in [5, 5.41) is 5.76. The zero-order chi connectivity index (χ0) is 22.0. The molecule has 2 aromatic heterocycles. The Morgan fingerprint density at radius 2 is 1.84 bits per heavy atom. The Labute approximate surface area is 183 Å². The molecule has 4 aromatic rings. The van der Waals surface area contributed by atoms with Crippen molar-refractivity contribution in [3.63, 3.8) is 0 Å². The average Bonchev–Trinajstić information content (AvgIpc) is 3.11. The fourth-order valence-electron chi connectivity index (χ4n) is 3.10. The van der Waals surface area contributed by atoms with Crippen LogP contribution in [0.3, 0.4) is 0 Å². The van der Waals surface area contributed by atoms with Crippen molar-refractivity contribution >= 4 is 34.8 Å². The average molecular weight is 435 g/mol. The molecule has 7 nitrogen and oxygen atoms in total. The van der Waals surface area contributed by atoms with Crippen LogP contribution in [0.1, 0.15) is 22.6 Å². The van der Waals surface area contributed by atoms with Crippen LogP contribution in [0.25, 0.3) is 5.65 Å². The van der Waals surface area contributed by atoms with E-state index in [9.17, 15) is 9.59 Å². The molecule has 158 valence electrons. The van der Waals surface area contributed by atoms with Gasteiger partial charge >= 0.3 is 6.03 Å². The summed E-state index contributed by atoms with van der Waals surface area (Å²) in [5.41, 5.74) is 4.58. The standard InChI is InChI=1S/C23H22N4O3S/c1-14-8-9-17(10-15(14)2)25-23(29)26-19-6-4-5-7-20(19)31-13-18-12-22(28)27-21(24-18)11-16(3)30-27/h4-12H,13H2,1-3H3,(H2,25,26,29). The number of rotatable bonds is 5. The zero-order valence-corrected chi connectivity index (χ0v) is 18.2. The Hall–Kier alpha value is -3.52. The summed E-state index contributed by atoms with van der Waals surface area (Å²) >= 11 is 1.49. The number of benzene rings is 2. The van der Waals surface area contributed by atoms with Crippen molar-refractivity contribution in [3.8, 4) is 0 Å². The second kappa shape index (κ2) is 8.69. The van der Waals surface area contributed by atoms with E-state index in [4.69, 9.17) is 4.52 Å². The molecule has 2 aromatic carbocycles. The van der Waals surface area contributed by atoms with Crippen molar-refractivity contribution in [2.75, 3.05) is 10.6 Å². The van der Waals surface area contributed by atoms with E-state index in [1.54, 1.807) is 13.0 Å². The number of urea groups is 1. The normalized spacial score (nSPS) is 10.9. The monoisotopic (exact) mass is 434 g/mol. The van der Waals surface area contributed by atoms with Gasteiger partial charge in [-0.15, -0.1) is 16.3 Å². The third-order valence-electron chi connectivity index (χ3n) is 4.80. The van der Waals surface area contributed by atoms with E-state index >= 15 is 0 Å². The molecule has 0 radical (unpaired) electrons. The molecule has 4 rings (SSSR count). The van der Waals surface area contributed by atoms with Gasteiger partial charge in [-0.3, -0.25) is 4.79 Å². The number of nitrogens with zero attached hydrogens (tertiary/aromatic N) is 2. The van der Waals surface area contributed by atoms with Gasteiger partial charge in [0.25, 0.3) is 5.56 Å². The van der Waals surface area contributed by atoms with Crippen LogP contribution in [0.4, 0.5) is 16.2 Å². The van der Waals surface area contributed by atoms with E-state index in [0.717, 1.165) is 16.1 Å². The summed E-state index contributed by atoms with van der Waals surface area (Å²) in [6, 6.07) is 16.2. The largest absolute Gasteiger partial charge is 0.375 e. The van der Waals surface area contributed by atoms with Crippen molar-refractivity contribution in [2.24, 2.45) is 0 Å². The first-order valence-electron chi connectivity index (χ1n) is 9.76. The number of anilines is 2. The Morgan fingerprint density at radius 1 is 1.03 bits per heavy atom. The van der Waals surface area contributed by atoms with E-state index in [0.29, 0.717) is 28.5 Å². The van der Waals surface area contributed by atoms with Crippen LogP contribution in [0.2, 0.25) is 0 Å². The number of para-hydroxylation sites is 1. The van der Waals surface area contributed by atoms with Gasteiger partial charge in [-0.05, 0) is 56.2 Å². The molecule has 0 unspecified atom stereocenters. The first kappa shape index (κ1) is 20.7. The molecule has 2 N–H and O–H groups in total. The van der Waals surface area contributed by atoms with E-state index < -0.39 is 0 Å². The second-order valence-corrected chi connectivity index (χ2v) is 8.26. The smallest absolute Gasteiger partial charge is 0.323 e. The van der Waals surface area contributed by atoms with E-state index in [1.807, 2.05) is 56.3 Å². The highest BCUT2D eigenvalue weighted by molar-refractivity contribution is 7.98. The van der Waals surface area contributed by atoms with Crippen LogP contribution in [0.15, 0.2) is 68.8 Å². The minimum atomic E-state index is -0.317. The van der Waals surface area contributed by atoms with Crippen LogP contribution in [0, 0.1) is 20.8 Å². The fraction of sp³-hybridized carbons (Fsp3) is 0.174. The molecule has 2 amide bonds. The topological polar surface area (TPSA) is 88.6 Å². The molecule has 0 aliphatic carbocycles. The summed E-state index contributed by atoms with van der Waals surface area (Å²) in [6.07, 6.45) is 0. The van der Waals surface area contributed by atoms with Crippen LogP contribution >= 0.6 is 11.8 Å². The number of amides is 2. The van der Waals surface area contributed by atoms with Crippen molar-refractivity contribution in [2.45, 2.75) is 31.4 Å². The number of carbonyl (C=O) groups excluding carboxylic acids is 1. The number of hydrogen-bond acceptors (Lipinski definition) is 5. The number of thioether (sulfide) groups is 1. The van der Waals surface area contributed by atoms with Crippen molar-refractivity contribution in [1.29, 1.82) is 0 Å². The lowest BCUT2D eigenvalue weighted by Gasteiger charge is -2.12. The number of hydrogen-bond donors (Lipinski definition) is 2. The quantitative estimate of drug-likeness (QED) is 0.424. The first-order valence-corrected chi connectivity index (χ1v) is 10.7. The van der Waals surface area contributed by atoms with Crippen LogP contribution < -0.4 is 16.2 Å². The van der Waals surface area contributed by atoms with Gasteiger partial charge in [0.2, 0.25) is 0 Å². The molecular formula is C23H22N4O3S. The second-order valence-electron chi connectivity index (χ2n) is 7.25. The molecule has 0 spiro atoms. The lowest BCUT2D eigenvalue weighted by Crippen LogP contribution is -2.19. The number of carbonyl (C=O) groups is 1. The van der Waals surface area contributed by atoms with Gasteiger partial charge in [0, 0.05) is 28.5 Å². The maximum absolute atomic E-state index is 12.5. The summed E-state index contributed by atoms with van der Waals surface area (Å²) < 4.78 is 6.50. The number of nitrogens with one attached hydrogen (secondary N) is 2. The first-order chi connectivity index (χ1) is 14.9. The minimum Gasteiger partial charge on any atom is -0.375 e. The van der Waals surface area contributed by atoms with Gasteiger partial charge in [-0.1, -0.05) is 18.2 Å². The van der Waals surface area contributed by atoms with Gasteiger partial charge < -0.3 is 15.2 Å². The summed E-state index contributed by atoms with van der Waals surface area (Å²) in [7, 11) is 0. The minimum absolute atomic E-state index is 0.257. The van der Waals surface area contributed by atoms with E-state index in [2.05, 4.69) is 15.6 Å². The van der Waals surface area contributed by atoms with Gasteiger partial charge in [0.1, 0.15) is 5.76 Å². The van der Waals surface area contributed by atoms with Crippen LogP contribution in [-0.2, 0) is 5.75 Å². The zero-order valence-electron chi connectivity index (χ0n) is 17.4. The molecule has 0 aliphatic heterocycles. The van der Waals surface area contributed by atoms with Gasteiger partial charge in [0.05, 0.1) is 11.4 Å². The van der Waals surface area contributed by atoms with Gasteiger partial charge in [-0.25, -0.2) is 9.78 Å². The summed E-state index contributed by atoms with van der Waals surface area (Å²) in [4.78, 5) is 30.1. The summed E-state index contributed by atoms with van der Waals surface area (Å²) in [5.74, 6) is 1.10. The highest BCUT2D eigenvalue weighted by atomic mass is 32.2. The third kappa shape index (κ3) is 4.80. The number of fused-ring (bicyclic) bond motifs is 1. The van der Waals surface area contributed by atoms with E-state index in [-0.39, 0.29) is 11.6 Å². The molecule has 0 saturated heterocycles. The highest BCUT2D eigenvalue weighted by Gasteiger charge is 2.11. The van der Waals surface area contributed by atoms with E-state index in [1.165, 1.54) is 28.0 Å². The molecular weight excluding hydrogens is 412 g/mol. The molecule has 0 aliphatic rings. The summed E-state index contributed by atoms with van der Waals surface area (Å²) in [6.45, 7) is 5.81. The predicted octanol–water partition coefficient (Wildman–Crippen LogP) is 5.15. The number of aromatic nitrogens is 2. The van der Waals surface area contributed by atoms with Crippen LogP contribution in [0.5, 0.6) is 0 Å². The Morgan fingerprint density at radius 3 is 2.65 bits per heavy atom. The molecule has 0 atom stereocenters. The fourth-order valence-corrected chi connectivity index (χ4v) is 4.00. The van der Waals surface area contributed by atoms with Crippen molar-refractivity contribution in [3.05, 3.63) is 87.5 Å². The molecule has 8 heteroatoms. The Kier molecular flexibility index (Phi) is 5.81. The maximum atomic E-state index is 12.5. The maximum Gasteiger partial charge on any atom is 0.323 e. The lowest BCUT2D eigenvalue weighted by molar-refractivity contribution is 0.262. The molecule has 31 heavy (non-hydrogen) atoms. The molecule has 2 heterocycles. The Balaban J connectivity index is 1.46. The molecule has 0 fully saturated rings. The predicted molar refractivity (Wildman–Crippen MR) is 123 cm³/mol. The SMILES string of the molecule is Cc1cc2nc(CSc3ccccc3NC(=O)Nc3ccc(C)c(C)c3)cc(=O)n2o1. The van der Waals surface area contributed by atoms with Gasteiger partial charge in [-0.2, -0.15) is 0 Å². The molecule has 0 bridgehead atoms. The molecule has 0 saturated carbocycles. The van der Waals surface area contributed by atoms with Crippen molar-refractivity contribution in [1.82, 2.24) is 9.56 Å². The Bertz CT molecular complexity index is 1330. The van der Waals surface area contributed by atoms with Crippen LogP contribution in [-0.4, -0.2) is 15.6 Å². The third-order valence-corrected chi connectivity index (χ3v) is 5.91. The lowest BCUT2D eigenvalue weighted by atomic mass is 10.1. The van der Waals surface area contributed by atoms with Gasteiger partial charge in [0.15, 0.2) is 5.65 Å². The highest BCUT2D eigenvalue weighted by Crippen LogP contribution is 2.29.